The Morgan fingerprint density at radius 1 is 1.18 bits per heavy atom. The summed E-state index contributed by atoms with van der Waals surface area (Å²) in [5.41, 5.74) is 6.26. The molecule has 1 fully saturated rings. The minimum absolute atomic E-state index is 0.220. The highest BCUT2D eigenvalue weighted by Crippen LogP contribution is 2.32. The van der Waals surface area contributed by atoms with Gasteiger partial charge < -0.3 is 10.6 Å². The summed E-state index contributed by atoms with van der Waals surface area (Å²) in [5, 5.41) is 7.03. The van der Waals surface area contributed by atoms with Crippen molar-refractivity contribution in [2.24, 2.45) is 5.73 Å². The molecule has 2 heterocycles. The average Bonchev–Trinajstić information content (AvgIpc) is 2.97. The zero-order valence-corrected chi connectivity index (χ0v) is 11.9. The monoisotopic (exact) mass is 310 g/mol. The van der Waals surface area contributed by atoms with E-state index in [9.17, 15) is 13.2 Å². The van der Waals surface area contributed by atoms with Crippen molar-refractivity contribution in [2.75, 3.05) is 18.0 Å². The molecule has 0 bridgehead atoms. The highest BCUT2D eigenvalue weighted by atomic mass is 19.4. The lowest BCUT2D eigenvalue weighted by Gasteiger charge is -2.29. The van der Waals surface area contributed by atoms with Crippen molar-refractivity contribution in [3.63, 3.8) is 0 Å². The number of H-pyrrole nitrogens is 1. The van der Waals surface area contributed by atoms with Gasteiger partial charge in [-0.15, -0.1) is 0 Å². The number of aromatic nitrogens is 2. The largest absolute Gasteiger partial charge is 0.416 e. The first kappa shape index (κ1) is 14.9. The van der Waals surface area contributed by atoms with Gasteiger partial charge in [0.1, 0.15) is 0 Å². The minimum Gasteiger partial charge on any atom is -0.355 e. The van der Waals surface area contributed by atoms with E-state index in [0.29, 0.717) is 11.3 Å². The van der Waals surface area contributed by atoms with E-state index in [1.165, 1.54) is 6.07 Å². The van der Waals surface area contributed by atoms with Gasteiger partial charge >= 0.3 is 6.18 Å². The summed E-state index contributed by atoms with van der Waals surface area (Å²) in [6.07, 6.45) is -2.56. The van der Waals surface area contributed by atoms with Crippen LogP contribution in [0, 0.1) is 0 Å². The summed E-state index contributed by atoms with van der Waals surface area (Å²) < 4.78 is 38.3. The van der Waals surface area contributed by atoms with Crippen LogP contribution >= 0.6 is 0 Å². The number of benzene rings is 1. The molecule has 3 rings (SSSR count). The molecule has 2 aromatic rings. The summed E-state index contributed by atoms with van der Waals surface area (Å²) in [4.78, 5) is 2.09. The molecule has 1 saturated heterocycles. The number of nitrogens with one attached hydrogen (secondary N) is 1. The Hall–Kier alpha value is -2.02. The van der Waals surface area contributed by atoms with Crippen LogP contribution in [0.5, 0.6) is 0 Å². The number of aromatic amines is 1. The Morgan fingerprint density at radius 2 is 1.91 bits per heavy atom. The van der Waals surface area contributed by atoms with Gasteiger partial charge in [-0.1, -0.05) is 12.1 Å². The quantitative estimate of drug-likeness (QED) is 0.896. The molecule has 1 aromatic heterocycles. The van der Waals surface area contributed by atoms with E-state index in [4.69, 9.17) is 5.73 Å². The zero-order chi connectivity index (χ0) is 15.7. The van der Waals surface area contributed by atoms with Gasteiger partial charge in [-0.2, -0.15) is 18.3 Å². The third-order valence-corrected chi connectivity index (χ3v) is 3.93. The molecule has 0 saturated carbocycles. The number of hydrogen-bond donors (Lipinski definition) is 2. The van der Waals surface area contributed by atoms with Crippen molar-refractivity contribution < 1.29 is 13.2 Å². The number of anilines is 1. The first-order chi connectivity index (χ1) is 10.4. The van der Waals surface area contributed by atoms with Crippen molar-refractivity contribution in [2.45, 2.75) is 25.1 Å². The molecule has 0 spiro atoms. The second kappa shape index (κ2) is 5.64. The molecule has 0 aliphatic carbocycles. The van der Waals surface area contributed by atoms with Gasteiger partial charge in [-0.05, 0) is 25.0 Å². The Morgan fingerprint density at radius 3 is 2.59 bits per heavy atom. The molecular formula is C15H17F3N4. The molecule has 4 nitrogen and oxygen atoms in total. The fourth-order valence-corrected chi connectivity index (χ4v) is 2.61. The van der Waals surface area contributed by atoms with Crippen molar-refractivity contribution in [3.05, 3.63) is 35.9 Å². The first-order valence-electron chi connectivity index (χ1n) is 7.17. The van der Waals surface area contributed by atoms with E-state index >= 15 is 0 Å². The van der Waals surface area contributed by atoms with Gasteiger partial charge in [0.15, 0.2) is 5.82 Å². The Balaban J connectivity index is 1.82. The van der Waals surface area contributed by atoms with Crippen LogP contribution in [0.25, 0.3) is 11.3 Å². The number of halogens is 3. The molecule has 0 unspecified atom stereocenters. The van der Waals surface area contributed by atoms with E-state index in [1.807, 2.05) is 0 Å². The molecule has 0 radical (unpaired) electrons. The minimum atomic E-state index is -4.35. The lowest BCUT2D eigenvalue weighted by Crippen LogP contribution is -2.39. The maximum atomic E-state index is 12.8. The number of nitrogens with zero attached hydrogens (tertiary/aromatic N) is 2. The van der Waals surface area contributed by atoms with Crippen molar-refractivity contribution in [1.29, 1.82) is 0 Å². The van der Waals surface area contributed by atoms with Crippen LogP contribution in [0.15, 0.2) is 30.3 Å². The fraction of sp³-hybridized carbons (Fsp3) is 0.400. The van der Waals surface area contributed by atoms with Crippen LogP contribution in [0.1, 0.15) is 18.4 Å². The fourth-order valence-electron chi connectivity index (χ4n) is 2.61. The van der Waals surface area contributed by atoms with Gasteiger partial charge in [-0.3, -0.25) is 5.10 Å². The van der Waals surface area contributed by atoms with E-state index in [0.717, 1.165) is 43.9 Å². The van der Waals surface area contributed by atoms with Crippen LogP contribution in [0.4, 0.5) is 19.0 Å². The lowest BCUT2D eigenvalue weighted by molar-refractivity contribution is -0.137. The van der Waals surface area contributed by atoms with Crippen LogP contribution in [-0.4, -0.2) is 29.3 Å². The SMILES string of the molecule is NC1CCN(c2cc(-c3cccc(C(F)(F)F)c3)[nH]n2)CC1. The van der Waals surface area contributed by atoms with Crippen LogP contribution in [-0.2, 0) is 6.18 Å². The highest BCUT2D eigenvalue weighted by molar-refractivity contribution is 5.64. The predicted octanol–water partition coefficient (Wildman–Crippen LogP) is 3.02. The third-order valence-electron chi connectivity index (χ3n) is 3.93. The Labute approximate surface area is 126 Å². The van der Waals surface area contributed by atoms with E-state index in [2.05, 4.69) is 15.1 Å². The Bertz CT molecular complexity index is 642. The van der Waals surface area contributed by atoms with Crippen LogP contribution in [0.2, 0.25) is 0 Å². The van der Waals surface area contributed by atoms with E-state index in [1.54, 1.807) is 12.1 Å². The summed E-state index contributed by atoms with van der Waals surface area (Å²) in [5.74, 6) is 0.749. The molecule has 1 aromatic carbocycles. The molecule has 1 aliphatic heterocycles. The standard InChI is InChI=1S/C15H17F3N4/c16-15(17,18)11-3-1-2-10(8-11)13-9-14(21-20-13)22-6-4-12(19)5-7-22/h1-3,8-9,12H,4-7,19H2,(H,20,21). The molecular weight excluding hydrogens is 293 g/mol. The molecule has 0 amide bonds. The van der Waals surface area contributed by atoms with E-state index < -0.39 is 11.7 Å². The predicted molar refractivity (Wildman–Crippen MR) is 78.4 cm³/mol. The molecule has 7 heteroatoms. The van der Waals surface area contributed by atoms with Gasteiger partial charge in [-0.25, -0.2) is 0 Å². The second-order valence-corrected chi connectivity index (χ2v) is 5.54. The van der Waals surface area contributed by atoms with Crippen molar-refractivity contribution in [1.82, 2.24) is 10.2 Å². The number of piperidine rings is 1. The van der Waals surface area contributed by atoms with Crippen molar-refractivity contribution in [3.8, 4) is 11.3 Å². The second-order valence-electron chi connectivity index (χ2n) is 5.54. The lowest BCUT2D eigenvalue weighted by atomic mass is 10.1. The first-order valence-corrected chi connectivity index (χ1v) is 7.17. The van der Waals surface area contributed by atoms with Gasteiger partial charge in [0, 0.05) is 30.8 Å². The summed E-state index contributed by atoms with van der Waals surface area (Å²) in [7, 11) is 0. The van der Waals surface area contributed by atoms with E-state index in [-0.39, 0.29) is 6.04 Å². The van der Waals surface area contributed by atoms with Gasteiger partial charge in [0.05, 0.1) is 11.3 Å². The average molecular weight is 310 g/mol. The Kier molecular flexibility index (Phi) is 3.82. The van der Waals surface area contributed by atoms with Crippen molar-refractivity contribution >= 4 is 5.82 Å². The highest BCUT2D eigenvalue weighted by Gasteiger charge is 2.30. The number of alkyl halides is 3. The molecule has 118 valence electrons. The third kappa shape index (κ3) is 3.09. The molecule has 22 heavy (non-hydrogen) atoms. The maximum absolute atomic E-state index is 12.8. The van der Waals surface area contributed by atoms with Gasteiger partial charge in [0.2, 0.25) is 0 Å². The number of hydrogen-bond acceptors (Lipinski definition) is 3. The number of rotatable bonds is 2. The zero-order valence-electron chi connectivity index (χ0n) is 11.9. The van der Waals surface area contributed by atoms with Gasteiger partial charge in [0.25, 0.3) is 0 Å². The normalized spacial score (nSPS) is 17.0. The van der Waals surface area contributed by atoms with Crippen LogP contribution < -0.4 is 10.6 Å². The number of nitrogens with two attached hydrogens (primary N) is 1. The molecule has 0 atom stereocenters. The molecule has 3 N–H and O–H groups in total. The smallest absolute Gasteiger partial charge is 0.355 e. The summed E-state index contributed by atoms with van der Waals surface area (Å²) in [6, 6.07) is 7.23. The topological polar surface area (TPSA) is 57.9 Å². The van der Waals surface area contributed by atoms with Crippen LogP contribution in [0.3, 0.4) is 0 Å². The summed E-state index contributed by atoms with van der Waals surface area (Å²) in [6.45, 7) is 1.63. The maximum Gasteiger partial charge on any atom is 0.416 e. The molecule has 1 aliphatic rings. The summed E-state index contributed by atoms with van der Waals surface area (Å²) >= 11 is 0.